The van der Waals surface area contributed by atoms with Gasteiger partial charge in [-0.2, -0.15) is 0 Å². The minimum atomic E-state index is -0.355. The zero-order valence-corrected chi connectivity index (χ0v) is 15.7. The Kier molecular flexibility index (Phi) is 6.22. The van der Waals surface area contributed by atoms with Crippen molar-refractivity contribution in [2.24, 2.45) is 0 Å². The third-order valence-electron chi connectivity index (χ3n) is 4.96. The van der Waals surface area contributed by atoms with Crippen molar-refractivity contribution in [2.75, 3.05) is 31.1 Å². The van der Waals surface area contributed by atoms with Crippen molar-refractivity contribution in [3.63, 3.8) is 0 Å². The molecule has 4 nitrogen and oxygen atoms in total. The van der Waals surface area contributed by atoms with Crippen molar-refractivity contribution in [1.82, 2.24) is 4.90 Å². The Balaban J connectivity index is 1.42. The zero-order valence-electron chi connectivity index (χ0n) is 15.7. The molecule has 0 atom stereocenters. The second kappa shape index (κ2) is 8.80. The van der Waals surface area contributed by atoms with E-state index in [4.69, 9.17) is 0 Å². The standard InChI is InChI=1S/C22H25FN2O2/c1-17-4-2-5-20(16-17)24-12-14-25(15-13-24)22(27)7-3-6-21(26)18-8-10-19(23)11-9-18/h2,4-5,8-11,16H,3,6-7,12-15H2,1H3. The van der Waals surface area contributed by atoms with Gasteiger partial charge in [-0.1, -0.05) is 12.1 Å². The van der Waals surface area contributed by atoms with E-state index in [0.29, 0.717) is 37.9 Å². The molecule has 142 valence electrons. The van der Waals surface area contributed by atoms with Gasteiger partial charge in [0.15, 0.2) is 5.78 Å². The normalized spacial score (nSPS) is 14.3. The summed E-state index contributed by atoms with van der Waals surface area (Å²) in [5, 5.41) is 0. The van der Waals surface area contributed by atoms with Crippen molar-refractivity contribution < 1.29 is 14.0 Å². The molecule has 1 amide bonds. The van der Waals surface area contributed by atoms with Crippen LogP contribution in [-0.4, -0.2) is 42.8 Å². The number of benzene rings is 2. The number of amides is 1. The van der Waals surface area contributed by atoms with Crippen molar-refractivity contribution in [2.45, 2.75) is 26.2 Å². The molecule has 0 saturated carbocycles. The molecule has 1 saturated heterocycles. The summed E-state index contributed by atoms with van der Waals surface area (Å²) in [7, 11) is 0. The van der Waals surface area contributed by atoms with Crippen molar-refractivity contribution in [1.29, 1.82) is 0 Å². The lowest BCUT2D eigenvalue weighted by Crippen LogP contribution is -2.48. The number of piperazine rings is 1. The van der Waals surface area contributed by atoms with Gasteiger partial charge in [0.25, 0.3) is 0 Å². The van der Waals surface area contributed by atoms with Gasteiger partial charge in [-0.3, -0.25) is 9.59 Å². The summed E-state index contributed by atoms with van der Waals surface area (Å²) in [5.41, 5.74) is 2.93. The number of anilines is 1. The van der Waals surface area contributed by atoms with Gasteiger partial charge >= 0.3 is 0 Å². The molecule has 2 aromatic carbocycles. The van der Waals surface area contributed by atoms with E-state index in [1.807, 2.05) is 4.90 Å². The zero-order chi connectivity index (χ0) is 19.2. The average Bonchev–Trinajstić information content (AvgIpc) is 2.68. The number of nitrogens with zero attached hydrogens (tertiary/aromatic N) is 2. The van der Waals surface area contributed by atoms with Gasteiger partial charge in [-0.15, -0.1) is 0 Å². The molecule has 27 heavy (non-hydrogen) atoms. The lowest BCUT2D eigenvalue weighted by atomic mass is 10.1. The molecule has 1 aliphatic heterocycles. The summed E-state index contributed by atoms with van der Waals surface area (Å²) < 4.78 is 12.9. The first-order chi connectivity index (χ1) is 13.0. The maximum absolute atomic E-state index is 12.9. The fourth-order valence-electron chi connectivity index (χ4n) is 3.38. The van der Waals surface area contributed by atoms with Crippen LogP contribution in [0.5, 0.6) is 0 Å². The highest BCUT2D eigenvalue weighted by Crippen LogP contribution is 2.18. The van der Waals surface area contributed by atoms with Crippen LogP contribution < -0.4 is 4.90 Å². The van der Waals surface area contributed by atoms with Gasteiger partial charge in [0, 0.05) is 50.3 Å². The number of rotatable bonds is 6. The Morgan fingerprint density at radius 3 is 2.33 bits per heavy atom. The van der Waals surface area contributed by atoms with Crippen LogP contribution in [0, 0.1) is 12.7 Å². The quantitative estimate of drug-likeness (QED) is 0.728. The topological polar surface area (TPSA) is 40.6 Å². The van der Waals surface area contributed by atoms with E-state index in [1.54, 1.807) is 0 Å². The highest BCUT2D eigenvalue weighted by molar-refractivity contribution is 5.96. The predicted octanol–water partition coefficient (Wildman–Crippen LogP) is 3.84. The molecule has 0 radical (unpaired) electrons. The van der Waals surface area contributed by atoms with Crippen LogP contribution in [0.3, 0.4) is 0 Å². The number of carbonyl (C=O) groups is 2. The smallest absolute Gasteiger partial charge is 0.222 e. The number of ketones is 1. The van der Waals surface area contributed by atoms with Crippen LogP contribution in [0.1, 0.15) is 35.2 Å². The Morgan fingerprint density at radius 1 is 0.963 bits per heavy atom. The van der Waals surface area contributed by atoms with E-state index in [2.05, 4.69) is 36.1 Å². The maximum Gasteiger partial charge on any atom is 0.222 e. The Morgan fingerprint density at radius 2 is 1.67 bits per heavy atom. The summed E-state index contributed by atoms with van der Waals surface area (Å²) in [6.07, 6.45) is 1.20. The van der Waals surface area contributed by atoms with E-state index >= 15 is 0 Å². The molecule has 0 bridgehead atoms. The van der Waals surface area contributed by atoms with E-state index in [-0.39, 0.29) is 17.5 Å². The molecule has 0 N–H and O–H groups in total. The van der Waals surface area contributed by atoms with Crippen molar-refractivity contribution >= 4 is 17.4 Å². The second-order valence-corrected chi connectivity index (χ2v) is 6.99. The number of halogens is 1. The van der Waals surface area contributed by atoms with E-state index in [9.17, 15) is 14.0 Å². The molecule has 1 aliphatic rings. The molecular weight excluding hydrogens is 343 g/mol. The van der Waals surface area contributed by atoms with Gasteiger partial charge in [-0.25, -0.2) is 4.39 Å². The monoisotopic (exact) mass is 368 g/mol. The first kappa shape index (κ1) is 19.1. The van der Waals surface area contributed by atoms with Crippen LogP contribution in [0.4, 0.5) is 10.1 Å². The highest BCUT2D eigenvalue weighted by atomic mass is 19.1. The second-order valence-electron chi connectivity index (χ2n) is 6.99. The largest absolute Gasteiger partial charge is 0.368 e. The molecular formula is C22H25FN2O2. The van der Waals surface area contributed by atoms with Crippen molar-refractivity contribution in [3.05, 3.63) is 65.5 Å². The highest BCUT2D eigenvalue weighted by Gasteiger charge is 2.21. The van der Waals surface area contributed by atoms with Gasteiger partial charge < -0.3 is 9.80 Å². The minimum absolute atomic E-state index is 0.0490. The summed E-state index contributed by atoms with van der Waals surface area (Å²) in [5.74, 6) is -0.301. The first-order valence-corrected chi connectivity index (χ1v) is 9.41. The molecule has 2 aromatic rings. The molecule has 3 rings (SSSR count). The predicted molar refractivity (Wildman–Crippen MR) is 105 cm³/mol. The molecule has 0 unspecified atom stereocenters. The summed E-state index contributed by atoms with van der Waals surface area (Å²) in [6.45, 7) is 5.14. The number of hydrogen-bond donors (Lipinski definition) is 0. The Hall–Kier alpha value is -2.69. The van der Waals surface area contributed by atoms with Crippen molar-refractivity contribution in [3.8, 4) is 0 Å². The van der Waals surface area contributed by atoms with Crippen LogP contribution >= 0.6 is 0 Å². The van der Waals surface area contributed by atoms with Gasteiger partial charge in [-0.05, 0) is 55.3 Å². The molecule has 0 aromatic heterocycles. The fourth-order valence-corrected chi connectivity index (χ4v) is 3.38. The Labute approximate surface area is 159 Å². The fraction of sp³-hybridized carbons (Fsp3) is 0.364. The van der Waals surface area contributed by atoms with Gasteiger partial charge in [0.1, 0.15) is 5.82 Å². The molecule has 1 heterocycles. The lowest BCUT2D eigenvalue weighted by molar-refractivity contribution is -0.131. The first-order valence-electron chi connectivity index (χ1n) is 9.41. The summed E-state index contributed by atoms with van der Waals surface area (Å²) in [4.78, 5) is 28.7. The molecule has 0 aliphatic carbocycles. The molecule has 1 fully saturated rings. The van der Waals surface area contributed by atoms with E-state index in [0.717, 1.165) is 13.1 Å². The summed E-state index contributed by atoms with van der Waals surface area (Å²) >= 11 is 0. The number of Topliss-reactive ketones (excluding diaryl/α,β-unsaturated/α-hetero) is 1. The van der Waals surface area contributed by atoms with Crippen LogP contribution in [0.25, 0.3) is 0 Å². The van der Waals surface area contributed by atoms with E-state index < -0.39 is 0 Å². The lowest BCUT2D eigenvalue weighted by Gasteiger charge is -2.36. The van der Waals surface area contributed by atoms with Crippen LogP contribution in [0.15, 0.2) is 48.5 Å². The minimum Gasteiger partial charge on any atom is -0.368 e. The SMILES string of the molecule is Cc1cccc(N2CCN(C(=O)CCCC(=O)c3ccc(F)cc3)CC2)c1. The molecule has 5 heteroatoms. The number of hydrogen-bond acceptors (Lipinski definition) is 3. The van der Waals surface area contributed by atoms with Gasteiger partial charge in [0.05, 0.1) is 0 Å². The third-order valence-corrected chi connectivity index (χ3v) is 4.96. The van der Waals surface area contributed by atoms with E-state index in [1.165, 1.54) is 35.5 Å². The maximum atomic E-state index is 12.9. The summed E-state index contributed by atoms with van der Waals surface area (Å²) in [6, 6.07) is 14.0. The van der Waals surface area contributed by atoms with Gasteiger partial charge in [0.2, 0.25) is 5.91 Å². The van der Waals surface area contributed by atoms with Crippen LogP contribution in [0.2, 0.25) is 0 Å². The number of aryl methyl sites for hydroxylation is 1. The number of carbonyl (C=O) groups excluding carboxylic acids is 2. The average molecular weight is 368 g/mol. The third kappa shape index (κ3) is 5.16. The van der Waals surface area contributed by atoms with Crippen LogP contribution in [-0.2, 0) is 4.79 Å². The molecule has 0 spiro atoms. The Bertz CT molecular complexity index is 796.